The number of nitrogens with zero attached hydrogens (tertiary/aromatic N) is 1. The molecular weight excluding hydrogens is 276 g/mol. The summed E-state index contributed by atoms with van der Waals surface area (Å²) in [5.74, 6) is -0.0559. The fraction of sp³-hybridized carbons (Fsp3) is 0.500. The molecule has 0 spiro atoms. The Labute approximate surface area is 133 Å². The molecular formula is C18H26N2O2. The lowest BCUT2D eigenvalue weighted by atomic mass is 10.0. The highest BCUT2D eigenvalue weighted by molar-refractivity contribution is 6.00. The summed E-state index contributed by atoms with van der Waals surface area (Å²) in [7, 11) is 0. The molecule has 4 nitrogen and oxygen atoms in total. The van der Waals surface area contributed by atoms with Crippen LogP contribution in [0.5, 0.6) is 0 Å². The van der Waals surface area contributed by atoms with Crippen LogP contribution in [0.1, 0.15) is 31.9 Å². The van der Waals surface area contributed by atoms with E-state index in [2.05, 4.69) is 42.3 Å². The van der Waals surface area contributed by atoms with Crippen LogP contribution in [0.2, 0.25) is 0 Å². The molecule has 0 unspecified atom stereocenters. The van der Waals surface area contributed by atoms with E-state index >= 15 is 0 Å². The number of ether oxygens (including phenoxy) is 1. The summed E-state index contributed by atoms with van der Waals surface area (Å²) < 4.78 is 5.34. The summed E-state index contributed by atoms with van der Waals surface area (Å²) in [6.45, 7) is 9.36. The van der Waals surface area contributed by atoms with E-state index in [1.54, 1.807) is 6.08 Å². The Balaban J connectivity index is 2.11. The highest BCUT2D eigenvalue weighted by atomic mass is 16.5. The van der Waals surface area contributed by atoms with Gasteiger partial charge in [-0.1, -0.05) is 32.0 Å². The van der Waals surface area contributed by atoms with E-state index in [1.165, 1.54) is 11.1 Å². The van der Waals surface area contributed by atoms with Gasteiger partial charge in [-0.05, 0) is 30.9 Å². The van der Waals surface area contributed by atoms with Crippen molar-refractivity contribution in [3.8, 4) is 0 Å². The first-order valence-electron chi connectivity index (χ1n) is 8.08. The molecule has 1 saturated heterocycles. The molecule has 1 aromatic rings. The second kappa shape index (κ2) is 7.99. The van der Waals surface area contributed by atoms with Crippen molar-refractivity contribution >= 4 is 11.6 Å². The van der Waals surface area contributed by atoms with Crippen LogP contribution in [0.15, 0.2) is 30.0 Å². The number of amides is 1. The molecule has 1 aromatic carbocycles. The van der Waals surface area contributed by atoms with Gasteiger partial charge >= 0.3 is 0 Å². The van der Waals surface area contributed by atoms with Crippen molar-refractivity contribution in [2.75, 3.05) is 31.6 Å². The maximum atomic E-state index is 12.4. The van der Waals surface area contributed by atoms with Gasteiger partial charge in [0.1, 0.15) is 0 Å². The number of aryl methyl sites for hydroxylation is 2. The van der Waals surface area contributed by atoms with Crippen molar-refractivity contribution in [3.05, 3.63) is 41.1 Å². The molecule has 120 valence electrons. The summed E-state index contributed by atoms with van der Waals surface area (Å²) >= 11 is 0. The normalized spacial score (nSPS) is 15.8. The molecule has 1 heterocycles. The lowest BCUT2D eigenvalue weighted by Gasteiger charge is -2.29. The Hall–Kier alpha value is -1.81. The van der Waals surface area contributed by atoms with E-state index in [1.807, 2.05) is 6.92 Å². The van der Waals surface area contributed by atoms with Crippen LogP contribution in [0.3, 0.4) is 0 Å². The zero-order valence-corrected chi connectivity index (χ0v) is 13.8. The van der Waals surface area contributed by atoms with Crippen molar-refractivity contribution in [3.63, 3.8) is 0 Å². The molecule has 4 heteroatoms. The van der Waals surface area contributed by atoms with Gasteiger partial charge in [0, 0.05) is 30.5 Å². The lowest BCUT2D eigenvalue weighted by molar-refractivity contribution is -0.112. The summed E-state index contributed by atoms with van der Waals surface area (Å²) in [6.07, 6.45) is 3.52. The second-order valence-electron chi connectivity index (χ2n) is 5.53. The Morgan fingerprint density at radius 3 is 2.36 bits per heavy atom. The Kier molecular flexibility index (Phi) is 6.01. The highest BCUT2D eigenvalue weighted by Gasteiger charge is 2.13. The lowest BCUT2D eigenvalue weighted by Crippen LogP contribution is -2.35. The van der Waals surface area contributed by atoms with Crippen molar-refractivity contribution in [2.24, 2.45) is 0 Å². The predicted molar refractivity (Wildman–Crippen MR) is 90.0 cm³/mol. The van der Waals surface area contributed by atoms with Crippen molar-refractivity contribution in [1.29, 1.82) is 0 Å². The molecule has 1 aliphatic rings. The standard InChI is InChI=1S/C18H26N2O2/c1-4-15-7-6-8-16(5-2)18(15)19-17(21)13-14(3)20-9-11-22-12-10-20/h6-8,13H,4-5,9-12H2,1-3H3,(H,19,21)/b14-13-. The fourth-order valence-electron chi connectivity index (χ4n) is 2.76. The van der Waals surface area contributed by atoms with E-state index in [0.717, 1.165) is 50.5 Å². The number of benzene rings is 1. The number of hydrogen-bond donors (Lipinski definition) is 1. The molecule has 0 bridgehead atoms. The third kappa shape index (κ3) is 4.10. The van der Waals surface area contributed by atoms with Crippen LogP contribution < -0.4 is 5.32 Å². The third-order valence-corrected chi connectivity index (χ3v) is 4.10. The fourth-order valence-corrected chi connectivity index (χ4v) is 2.76. The molecule has 1 N–H and O–H groups in total. The quantitative estimate of drug-likeness (QED) is 0.850. The first-order valence-corrected chi connectivity index (χ1v) is 8.08. The monoisotopic (exact) mass is 302 g/mol. The van der Waals surface area contributed by atoms with Gasteiger partial charge in [-0.2, -0.15) is 0 Å². The molecule has 0 aromatic heterocycles. The average Bonchev–Trinajstić information content (AvgIpc) is 2.55. The third-order valence-electron chi connectivity index (χ3n) is 4.10. The molecule has 1 amide bonds. The number of nitrogens with one attached hydrogen (secondary N) is 1. The SMILES string of the molecule is CCc1cccc(CC)c1NC(=O)/C=C(/C)N1CCOCC1. The summed E-state index contributed by atoms with van der Waals surface area (Å²) in [5.41, 5.74) is 4.34. The van der Waals surface area contributed by atoms with Gasteiger partial charge in [-0.3, -0.25) is 4.79 Å². The molecule has 2 rings (SSSR count). The van der Waals surface area contributed by atoms with Gasteiger partial charge in [-0.15, -0.1) is 0 Å². The molecule has 0 atom stereocenters. The molecule has 0 aliphatic carbocycles. The van der Waals surface area contributed by atoms with E-state index in [0.29, 0.717) is 0 Å². The Bertz CT molecular complexity index is 524. The van der Waals surface area contributed by atoms with Gasteiger partial charge in [0.15, 0.2) is 0 Å². The highest BCUT2D eigenvalue weighted by Crippen LogP contribution is 2.22. The predicted octanol–water partition coefficient (Wildman–Crippen LogP) is 2.99. The molecule has 22 heavy (non-hydrogen) atoms. The molecule has 1 fully saturated rings. The summed E-state index contributed by atoms with van der Waals surface area (Å²) in [6, 6.07) is 6.21. The maximum absolute atomic E-state index is 12.4. The van der Waals surface area contributed by atoms with Crippen molar-refractivity contribution < 1.29 is 9.53 Å². The minimum Gasteiger partial charge on any atom is -0.378 e. The van der Waals surface area contributed by atoms with Crippen LogP contribution in [0.25, 0.3) is 0 Å². The van der Waals surface area contributed by atoms with Crippen LogP contribution in [-0.2, 0) is 22.4 Å². The average molecular weight is 302 g/mol. The zero-order valence-electron chi connectivity index (χ0n) is 13.8. The van der Waals surface area contributed by atoms with Crippen LogP contribution in [0, 0.1) is 0 Å². The molecule has 0 radical (unpaired) electrons. The number of rotatable bonds is 5. The number of carbonyl (C=O) groups is 1. The smallest absolute Gasteiger partial charge is 0.250 e. The largest absolute Gasteiger partial charge is 0.378 e. The minimum absolute atomic E-state index is 0.0559. The van der Waals surface area contributed by atoms with Crippen LogP contribution >= 0.6 is 0 Å². The molecule has 0 saturated carbocycles. The van der Waals surface area contributed by atoms with Gasteiger partial charge in [0.25, 0.3) is 0 Å². The van der Waals surface area contributed by atoms with Crippen LogP contribution in [-0.4, -0.2) is 37.1 Å². The van der Waals surface area contributed by atoms with E-state index in [9.17, 15) is 4.79 Å². The van der Waals surface area contributed by atoms with Gasteiger partial charge < -0.3 is 15.0 Å². The first-order chi connectivity index (χ1) is 10.7. The molecule has 1 aliphatic heterocycles. The summed E-state index contributed by atoms with van der Waals surface area (Å²) in [4.78, 5) is 14.5. The van der Waals surface area contributed by atoms with E-state index in [4.69, 9.17) is 4.74 Å². The minimum atomic E-state index is -0.0559. The van der Waals surface area contributed by atoms with Crippen molar-refractivity contribution in [1.82, 2.24) is 4.90 Å². The zero-order chi connectivity index (χ0) is 15.9. The number of allylic oxidation sites excluding steroid dienone is 1. The van der Waals surface area contributed by atoms with Gasteiger partial charge in [0.05, 0.1) is 13.2 Å². The number of anilines is 1. The number of morpholine rings is 1. The van der Waals surface area contributed by atoms with E-state index in [-0.39, 0.29) is 5.91 Å². The summed E-state index contributed by atoms with van der Waals surface area (Å²) in [5, 5.41) is 3.08. The van der Waals surface area contributed by atoms with Gasteiger partial charge in [-0.25, -0.2) is 0 Å². The topological polar surface area (TPSA) is 41.6 Å². The Morgan fingerprint density at radius 1 is 1.23 bits per heavy atom. The van der Waals surface area contributed by atoms with E-state index < -0.39 is 0 Å². The first kappa shape index (κ1) is 16.6. The number of para-hydroxylation sites is 1. The number of carbonyl (C=O) groups excluding carboxylic acids is 1. The Morgan fingerprint density at radius 2 is 1.82 bits per heavy atom. The maximum Gasteiger partial charge on any atom is 0.250 e. The van der Waals surface area contributed by atoms with Gasteiger partial charge in [0.2, 0.25) is 5.91 Å². The second-order valence-corrected chi connectivity index (χ2v) is 5.53. The van der Waals surface area contributed by atoms with Crippen LogP contribution in [0.4, 0.5) is 5.69 Å². The number of hydrogen-bond acceptors (Lipinski definition) is 3. The van der Waals surface area contributed by atoms with Crippen molar-refractivity contribution in [2.45, 2.75) is 33.6 Å².